The van der Waals surface area contributed by atoms with Gasteiger partial charge in [0.15, 0.2) is 0 Å². The topological polar surface area (TPSA) is 29.1 Å². The zero-order valence-electron chi connectivity index (χ0n) is 9.01. The van der Waals surface area contributed by atoms with Gasteiger partial charge in [-0.1, -0.05) is 0 Å². The van der Waals surface area contributed by atoms with Gasteiger partial charge in [-0.05, 0) is 31.2 Å². The SMILES string of the molecule is CC(CCl)NC(=O)c1ccc(C(F)(F)F)cc1. The summed E-state index contributed by atoms with van der Waals surface area (Å²) >= 11 is 5.51. The molecule has 1 atom stereocenters. The lowest BCUT2D eigenvalue weighted by molar-refractivity contribution is -0.137. The summed E-state index contributed by atoms with van der Waals surface area (Å²) < 4.78 is 36.8. The van der Waals surface area contributed by atoms with E-state index in [2.05, 4.69) is 5.32 Å². The number of benzene rings is 1. The molecule has 0 radical (unpaired) electrons. The number of carbonyl (C=O) groups excluding carboxylic acids is 1. The van der Waals surface area contributed by atoms with Crippen LogP contribution in [0, 0.1) is 0 Å². The van der Waals surface area contributed by atoms with Gasteiger partial charge in [-0.3, -0.25) is 4.79 Å². The molecule has 6 heteroatoms. The Labute approximate surface area is 102 Å². The van der Waals surface area contributed by atoms with E-state index in [0.29, 0.717) is 0 Å². The first-order chi connectivity index (χ1) is 7.84. The molecule has 0 aliphatic carbocycles. The lowest BCUT2D eigenvalue weighted by atomic mass is 10.1. The van der Waals surface area contributed by atoms with Crippen LogP contribution in [-0.4, -0.2) is 17.8 Å². The Morgan fingerprint density at radius 3 is 2.29 bits per heavy atom. The molecular weight excluding hydrogens is 255 g/mol. The molecule has 2 nitrogen and oxygen atoms in total. The van der Waals surface area contributed by atoms with Crippen LogP contribution in [0.1, 0.15) is 22.8 Å². The van der Waals surface area contributed by atoms with Gasteiger partial charge in [0.1, 0.15) is 0 Å². The van der Waals surface area contributed by atoms with Gasteiger partial charge in [-0.2, -0.15) is 13.2 Å². The van der Waals surface area contributed by atoms with E-state index >= 15 is 0 Å². The molecule has 0 saturated carbocycles. The Balaban J connectivity index is 2.78. The van der Waals surface area contributed by atoms with Crippen molar-refractivity contribution in [1.29, 1.82) is 0 Å². The number of alkyl halides is 4. The van der Waals surface area contributed by atoms with Crippen LogP contribution in [-0.2, 0) is 6.18 Å². The predicted octanol–water partition coefficient (Wildman–Crippen LogP) is 3.06. The van der Waals surface area contributed by atoms with Crippen LogP contribution in [0.15, 0.2) is 24.3 Å². The second kappa shape index (κ2) is 5.40. The summed E-state index contributed by atoms with van der Waals surface area (Å²) in [5.74, 6) is -0.196. The second-order valence-corrected chi connectivity index (χ2v) is 3.91. The molecule has 1 rings (SSSR count). The first-order valence-electron chi connectivity index (χ1n) is 4.88. The highest BCUT2D eigenvalue weighted by molar-refractivity contribution is 6.18. The van der Waals surface area contributed by atoms with E-state index in [4.69, 9.17) is 11.6 Å². The van der Waals surface area contributed by atoms with Gasteiger partial charge in [0.05, 0.1) is 5.56 Å². The van der Waals surface area contributed by atoms with Crippen molar-refractivity contribution in [2.75, 3.05) is 5.88 Å². The first kappa shape index (κ1) is 13.8. The zero-order chi connectivity index (χ0) is 13.1. The molecule has 0 aromatic heterocycles. The maximum Gasteiger partial charge on any atom is 0.416 e. The Morgan fingerprint density at radius 1 is 1.35 bits per heavy atom. The molecule has 0 bridgehead atoms. The average molecular weight is 266 g/mol. The van der Waals surface area contributed by atoms with Crippen molar-refractivity contribution >= 4 is 17.5 Å². The summed E-state index contributed by atoms with van der Waals surface area (Å²) in [6, 6.07) is 3.80. The van der Waals surface area contributed by atoms with Crippen LogP contribution in [0.5, 0.6) is 0 Å². The minimum absolute atomic E-state index is 0.176. The van der Waals surface area contributed by atoms with Crippen LogP contribution >= 0.6 is 11.6 Å². The van der Waals surface area contributed by atoms with Crippen molar-refractivity contribution in [2.45, 2.75) is 19.1 Å². The van der Waals surface area contributed by atoms with Gasteiger partial charge in [0.25, 0.3) is 5.91 Å². The van der Waals surface area contributed by atoms with Gasteiger partial charge in [0.2, 0.25) is 0 Å². The lowest BCUT2D eigenvalue weighted by Crippen LogP contribution is -2.33. The maximum absolute atomic E-state index is 12.3. The average Bonchev–Trinajstić information content (AvgIpc) is 2.27. The molecule has 94 valence electrons. The van der Waals surface area contributed by atoms with Crippen LogP contribution < -0.4 is 5.32 Å². The van der Waals surface area contributed by atoms with Crippen molar-refractivity contribution in [2.24, 2.45) is 0 Å². The summed E-state index contributed by atoms with van der Waals surface area (Å²) in [7, 11) is 0. The highest BCUT2D eigenvalue weighted by Gasteiger charge is 2.30. The molecule has 1 unspecified atom stereocenters. The quantitative estimate of drug-likeness (QED) is 0.836. The fourth-order valence-corrected chi connectivity index (χ4v) is 1.23. The fourth-order valence-electron chi connectivity index (χ4n) is 1.16. The highest BCUT2D eigenvalue weighted by atomic mass is 35.5. The minimum Gasteiger partial charge on any atom is -0.348 e. The largest absolute Gasteiger partial charge is 0.416 e. The van der Waals surface area contributed by atoms with Gasteiger partial charge in [0, 0.05) is 17.5 Å². The molecule has 0 spiro atoms. The molecule has 1 N–H and O–H groups in total. The third-order valence-electron chi connectivity index (χ3n) is 2.08. The van der Waals surface area contributed by atoms with Crippen molar-refractivity contribution in [3.63, 3.8) is 0 Å². The van der Waals surface area contributed by atoms with Gasteiger partial charge in [-0.15, -0.1) is 11.6 Å². The molecule has 0 fully saturated rings. The number of rotatable bonds is 3. The number of amides is 1. The Bertz CT molecular complexity index is 389. The molecule has 1 aromatic rings. The molecule has 1 amide bonds. The van der Waals surface area contributed by atoms with Crippen molar-refractivity contribution in [1.82, 2.24) is 5.32 Å². The molecule has 0 aliphatic rings. The van der Waals surface area contributed by atoms with E-state index < -0.39 is 17.6 Å². The second-order valence-electron chi connectivity index (χ2n) is 3.60. The van der Waals surface area contributed by atoms with E-state index in [1.165, 1.54) is 0 Å². The van der Waals surface area contributed by atoms with Crippen molar-refractivity contribution < 1.29 is 18.0 Å². The van der Waals surface area contributed by atoms with E-state index in [0.717, 1.165) is 24.3 Å². The van der Waals surface area contributed by atoms with Gasteiger partial charge < -0.3 is 5.32 Å². The monoisotopic (exact) mass is 265 g/mol. The number of hydrogen-bond acceptors (Lipinski definition) is 1. The summed E-state index contributed by atoms with van der Waals surface area (Å²) in [6.07, 6.45) is -4.39. The zero-order valence-corrected chi connectivity index (χ0v) is 9.77. The normalized spacial score (nSPS) is 13.2. The Morgan fingerprint density at radius 2 is 1.88 bits per heavy atom. The maximum atomic E-state index is 12.3. The fraction of sp³-hybridized carbons (Fsp3) is 0.364. The van der Waals surface area contributed by atoms with E-state index in [9.17, 15) is 18.0 Å². The molecule has 17 heavy (non-hydrogen) atoms. The number of hydrogen-bond donors (Lipinski definition) is 1. The smallest absolute Gasteiger partial charge is 0.348 e. The van der Waals surface area contributed by atoms with Crippen molar-refractivity contribution in [3.8, 4) is 0 Å². The highest BCUT2D eigenvalue weighted by Crippen LogP contribution is 2.29. The third-order valence-corrected chi connectivity index (χ3v) is 2.55. The van der Waals surface area contributed by atoms with Crippen LogP contribution in [0.3, 0.4) is 0 Å². The number of nitrogens with one attached hydrogen (secondary N) is 1. The molecule has 0 aliphatic heterocycles. The number of halogens is 4. The van der Waals surface area contributed by atoms with Gasteiger partial charge >= 0.3 is 6.18 Å². The lowest BCUT2D eigenvalue weighted by Gasteiger charge is -2.11. The van der Waals surface area contributed by atoms with Crippen LogP contribution in [0.4, 0.5) is 13.2 Å². The van der Waals surface area contributed by atoms with E-state index in [1.807, 2.05) is 0 Å². The van der Waals surface area contributed by atoms with E-state index in [1.54, 1.807) is 6.92 Å². The minimum atomic E-state index is -4.39. The summed E-state index contributed by atoms with van der Waals surface area (Å²) in [5.41, 5.74) is -0.602. The van der Waals surface area contributed by atoms with E-state index in [-0.39, 0.29) is 17.5 Å². The Kier molecular flexibility index (Phi) is 4.40. The van der Waals surface area contributed by atoms with Crippen molar-refractivity contribution in [3.05, 3.63) is 35.4 Å². The standard InChI is InChI=1S/C11H11ClF3NO/c1-7(6-12)16-10(17)8-2-4-9(5-3-8)11(13,14)15/h2-5,7H,6H2,1H3,(H,16,17). The predicted molar refractivity (Wildman–Crippen MR) is 59.1 cm³/mol. The van der Waals surface area contributed by atoms with Gasteiger partial charge in [-0.25, -0.2) is 0 Å². The third kappa shape index (κ3) is 3.93. The Hall–Kier alpha value is -1.23. The molecule has 1 aromatic carbocycles. The summed E-state index contributed by atoms with van der Waals surface area (Å²) in [4.78, 5) is 11.5. The molecular formula is C11H11ClF3NO. The van der Waals surface area contributed by atoms with Crippen LogP contribution in [0.2, 0.25) is 0 Å². The summed E-state index contributed by atoms with van der Waals surface area (Å²) in [5, 5.41) is 2.55. The molecule has 0 saturated heterocycles. The molecule has 0 heterocycles. The first-order valence-corrected chi connectivity index (χ1v) is 5.42. The number of carbonyl (C=O) groups is 1. The van der Waals surface area contributed by atoms with Crippen LogP contribution in [0.25, 0.3) is 0 Å². The summed E-state index contributed by atoms with van der Waals surface area (Å²) in [6.45, 7) is 1.70.